The monoisotopic (exact) mass is 133 g/mol. The minimum absolute atomic E-state index is 0.560. The van der Waals surface area contributed by atoms with Crippen molar-refractivity contribution in [2.24, 2.45) is 5.92 Å². The Kier molecular flexibility index (Phi) is 2.28. The Morgan fingerprint density at radius 1 is 1.70 bits per heavy atom. The summed E-state index contributed by atoms with van der Waals surface area (Å²) in [6.07, 6.45) is 8.27. The Hall–Kier alpha value is -1.03. The van der Waals surface area contributed by atoms with Gasteiger partial charge < -0.3 is 0 Å². The van der Waals surface area contributed by atoms with Crippen LogP contribution in [0.1, 0.15) is 19.8 Å². The first-order chi connectivity index (χ1) is 4.83. The summed E-state index contributed by atoms with van der Waals surface area (Å²) in [7, 11) is 0. The highest BCUT2D eigenvalue weighted by Gasteiger charge is 2.01. The van der Waals surface area contributed by atoms with E-state index in [9.17, 15) is 0 Å². The van der Waals surface area contributed by atoms with Crippen LogP contribution in [0.25, 0.3) is 0 Å². The van der Waals surface area contributed by atoms with Crippen LogP contribution in [0.4, 0.5) is 0 Å². The van der Waals surface area contributed by atoms with Crippen molar-refractivity contribution < 1.29 is 0 Å². The van der Waals surface area contributed by atoms with Gasteiger partial charge in [0.25, 0.3) is 0 Å². The van der Waals surface area contributed by atoms with Crippen LogP contribution in [0, 0.1) is 17.2 Å². The van der Waals surface area contributed by atoms with E-state index in [0.717, 1.165) is 12.0 Å². The third-order valence-electron chi connectivity index (χ3n) is 1.68. The molecule has 1 rings (SSSR count). The third-order valence-corrected chi connectivity index (χ3v) is 1.68. The fourth-order valence-electron chi connectivity index (χ4n) is 1.09. The van der Waals surface area contributed by atoms with Gasteiger partial charge in [0.2, 0.25) is 0 Å². The van der Waals surface area contributed by atoms with Crippen LogP contribution in [-0.2, 0) is 0 Å². The molecule has 1 heteroatoms. The molecule has 1 nitrogen and oxygen atoms in total. The molecular weight excluding hydrogens is 122 g/mol. The van der Waals surface area contributed by atoms with Crippen LogP contribution < -0.4 is 0 Å². The van der Waals surface area contributed by atoms with Gasteiger partial charge in [0.1, 0.15) is 0 Å². The molecule has 0 fully saturated rings. The van der Waals surface area contributed by atoms with Crippen molar-refractivity contribution in [1.82, 2.24) is 0 Å². The van der Waals surface area contributed by atoms with Gasteiger partial charge in [0.15, 0.2) is 0 Å². The van der Waals surface area contributed by atoms with E-state index in [-0.39, 0.29) is 0 Å². The molecule has 52 valence electrons. The lowest BCUT2D eigenvalue weighted by molar-refractivity contribution is 0.661. The lowest BCUT2D eigenvalue weighted by atomic mass is 10.1. The molecule has 0 N–H and O–H groups in total. The fraction of sp³-hybridized carbons (Fsp3) is 0.444. The zero-order valence-electron chi connectivity index (χ0n) is 6.17. The first-order valence-electron chi connectivity index (χ1n) is 3.61. The predicted octanol–water partition coefficient (Wildman–Crippen LogP) is 2.42. The second-order valence-corrected chi connectivity index (χ2v) is 2.69. The van der Waals surface area contributed by atoms with Crippen LogP contribution in [0.3, 0.4) is 0 Å². The summed E-state index contributed by atoms with van der Waals surface area (Å²) in [6.45, 7) is 2.14. The van der Waals surface area contributed by atoms with Gasteiger partial charge in [0, 0.05) is 5.57 Å². The summed E-state index contributed by atoms with van der Waals surface area (Å²) >= 11 is 0. The van der Waals surface area contributed by atoms with Crippen LogP contribution in [0.2, 0.25) is 0 Å². The smallest absolute Gasteiger partial charge is 0.0988 e. The van der Waals surface area contributed by atoms with E-state index in [0.29, 0.717) is 5.92 Å². The van der Waals surface area contributed by atoms with Crippen molar-refractivity contribution in [2.75, 3.05) is 0 Å². The zero-order valence-corrected chi connectivity index (χ0v) is 6.17. The summed E-state index contributed by atoms with van der Waals surface area (Å²) in [5, 5.41) is 8.56. The number of hydrogen-bond donors (Lipinski definition) is 0. The van der Waals surface area contributed by atoms with E-state index in [1.54, 1.807) is 0 Å². The van der Waals surface area contributed by atoms with E-state index in [1.807, 2.05) is 12.2 Å². The molecule has 0 heterocycles. The molecule has 0 bridgehead atoms. The Morgan fingerprint density at radius 3 is 3.20 bits per heavy atom. The Balaban J connectivity index is 2.75. The van der Waals surface area contributed by atoms with Gasteiger partial charge in [-0.1, -0.05) is 19.1 Å². The minimum atomic E-state index is 0.560. The quantitative estimate of drug-likeness (QED) is 0.498. The number of rotatable bonds is 0. The van der Waals surface area contributed by atoms with Crippen molar-refractivity contribution in [3.8, 4) is 6.07 Å². The zero-order chi connectivity index (χ0) is 7.40. The maximum atomic E-state index is 8.56. The van der Waals surface area contributed by atoms with Gasteiger partial charge >= 0.3 is 0 Å². The predicted molar refractivity (Wildman–Crippen MR) is 41.2 cm³/mol. The molecule has 0 aromatic heterocycles. The average Bonchev–Trinajstić information content (AvgIpc) is 2.13. The maximum absolute atomic E-state index is 8.56. The summed E-state index contributed by atoms with van der Waals surface area (Å²) in [4.78, 5) is 0. The molecule has 0 aliphatic heterocycles. The second-order valence-electron chi connectivity index (χ2n) is 2.69. The molecule has 1 aliphatic rings. The van der Waals surface area contributed by atoms with Gasteiger partial charge in [0.05, 0.1) is 6.07 Å². The number of nitriles is 1. The Labute approximate surface area is 61.7 Å². The standard InChI is InChI=1S/C9H11N/c1-8-4-2-3-5-9(6-8)7-10/h3,5-6,8H,2,4H2,1H3. The molecule has 0 amide bonds. The first-order valence-corrected chi connectivity index (χ1v) is 3.61. The van der Waals surface area contributed by atoms with E-state index in [2.05, 4.69) is 19.1 Å². The maximum Gasteiger partial charge on any atom is 0.0988 e. The fourth-order valence-corrected chi connectivity index (χ4v) is 1.09. The average molecular weight is 133 g/mol. The SMILES string of the molecule is CC1C=C(C#N)C=CCC1. The number of nitrogens with zero attached hydrogens (tertiary/aromatic N) is 1. The highest BCUT2D eigenvalue weighted by molar-refractivity contribution is 5.34. The molecule has 1 atom stereocenters. The molecule has 0 saturated carbocycles. The summed E-state index contributed by atoms with van der Waals surface area (Å²) in [6, 6.07) is 2.15. The van der Waals surface area contributed by atoms with Crippen molar-refractivity contribution in [3.05, 3.63) is 23.8 Å². The van der Waals surface area contributed by atoms with Gasteiger partial charge in [-0.2, -0.15) is 5.26 Å². The summed E-state index contributed by atoms with van der Waals surface area (Å²) in [5.41, 5.74) is 0.810. The van der Waals surface area contributed by atoms with Crippen molar-refractivity contribution in [1.29, 1.82) is 5.26 Å². The highest BCUT2D eigenvalue weighted by Crippen LogP contribution is 2.15. The van der Waals surface area contributed by atoms with E-state index in [4.69, 9.17) is 5.26 Å². The number of hydrogen-bond acceptors (Lipinski definition) is 1. The molecule has 0 spiro atoms. The Bertz CT molecular complexity index is 205. The van der Waals surface area contributed by atoms with Crippen LogP contribution in [0.5, 0.6) is 0 Å². The molecule has 1 aliphatic carbocycles. The highest BCUT2D eigenvalue weighted by atomic mass is 14.2. The second kappa shape index (κ2) is 3.22. The van der Waals surface area contributed by atoms with Crippen molar-refractivity contribution in [2.45, 2.75) is 19.8 Å². The lowest BCUT2D eigenvalue weighted by Gasteiger charge is -1.99. The van der Waals surface area contributed by atoms with E-state index >= 15 is 0 Å². The topological polar surface area (TPSA) is 23.8 Å². The van der Waals surface area contributed by atoms with Crippen molar-refractivity contribution >= 4 is 0 Å². The molecule has 0 aromatic rings. The molecule has 0 aromatic carbocycles. The van der Waals surface area contributed by atoms with E-state index < -0.39 is 0 Å². The Morgan fingerprint density at radius 2 is 2.50 bits per heavy atom. The molecule has 0 radical (unpaired) electrons. The molecule has 1 unspecified atom stereocenters. The normalized spacial score (nSPS) is 24.8. The van der Waals surface area contributed by atoms with Gasteiger partial charge in [-0.05, 0) is 24.8 Å². The largest absolute Gasteiger partial charge is 0.192 e. The molecule has 10 heavy (non-hydrogen) atoms. The van der Waals surface area contributed by atoms with Crippen LogP contribution in [-0.4, -0.2) is 0 Å². The van der Waals surface area contributed by atoms with Crippen molar-refractivity contribution in [3.63, 3.8) is 0 Å². The molecule has 0 saturated heterocycles. The number of allylic oxidation sites excluding steroid dienone is 4. The minimum Gasteiger partial charge on any atom is -0.192 e. The van der Waals surface area contributed by atoms with Crippen LogP contribution in [0.15, 0.2) is 23.8 Å². The van der Waals surface area contributed by atoms with Gasteiger partial charge in [-0.25, -0.2) is 0 Å². The summed E-state index contributed by atoms with van der Waals surface area (Å²) in [5.74, 6) is 0.560. The lowest BCUT2D eigenvalue weighted by Crippen LogP contribution is -1.86. The van der Waals surface area contributed by atoms with E-state index in [1.165, 1.54) is 6.42 Å². The first kappa shape index (κ1) is 7.08. The van der Waals surface area contributed by atoms with Crippen LogP contribution >= 0.6 is 0 Å². The van der Waals surface area contributed by atoms with Gasteiger partial charge in [-0.15, -0.1) is 0 Å². The van der Waals surface area contributed by atoms with Gasteiger partial charge in [-0.3, -0.25) is 0 Å². The third kappa shape index (κ3) is 1.73. The summed E-state index contributed by atoms with van der Waals surface area (Å²) < 4.78 is 0. The molecular formula is C9H11N.